The molecule has 0 saturated heterocycles. The summed E-state index contributed by atoms with van der Waals surface area (Å²) in [5, 5.41) is 17.8. The third-order valence-corrected chi connectivity index (χ3v) is 1.71. The smallest absolute Gasteiger partial charge is 0.162 e. The molecule has 0 aliphatic heterocycles. The van der Waals surface area contributed by atoms with Crippen LogP contribution in [0, 0.1) is 5.92 Å². The number of aliphatic hydroxyl groups is 2. The Morgan fingerprint density at radius 2 is 2.12 bits per heavy atom. The van der Waals surface area contributed by atoms with Gasteiger partial charge in [0.05, 0.1) is 0 Å². The van der Waals surface area contributed by atoms with Gasteiger partial charge in [-0.2, -0.15) is 0 Å². The van der Waals surface area contributed by atoms with Gasteiger partial charge in [-0.15, -0.1) is 0 Å². The Hall–Kier alpha value is -0.0800. The molecule has 8 heavy (non-hydrogen) atoms. The van der Waals surface area contributed by atoms with Crippen molar-refractivity contribution in [3.8, 4) is 0 Å². The van der Waals surface area contributed by atoms with Crippen LogP contribution in [0.5, 0.6) is 0 Å². The van der Waals surface area contributed by atoms with E-state index in [1.54, 1.807) is 0 Å². The quantitative estimate of drug-likeness (QED) is 0.452. The molecule has 0 aromatic carbocycles. The summed E-state index contributed by atoms with van der Waals surface area (Å²) in [5.41, 5.74) is 0. The molecule has 0 amide bonds. The lowest BCUT2D eigenvalue weighted by molar-refractivity contribution is -0.155. The fourth-order valence-electron chi connectivity index (χ4n) is 1.24. The second-order valence-electron chi connectivity index (χ2n) is 2.83. The summed E-state index contributed by atoms with van der Waals surface area (Å²) in [6, 6.07) is 0. The average molecular weight is 116 g/mol. The Morgan fingerprint density at radius 3 is 2.25 bits per heavy atom. The van der Waals surface area contributed by atoms with E-state index in [1.165, 1.54) is 0 Å². The highest BCUT2D eigenvalue weighted by molar-refractivity contribution is 4.76. The molecule has 0 bridgehead atoms. The highest BCUT2D eigenvalue weighted by Crippen LogP contribution is 2.31. The lowest BCUT2D eigenvalue weighted by Crippen LogP contribution is -2.22. The van der Waals surface area contributed by atoms with Gasteiger partial charge in [0.25, 0.3) is 0 Å². The minimum Gasteiger partial charge on any atom is -0.366 e. The van der Waals surface area contributed by atoms with E-state index in [-0.39, 0.29) is 0 Å². The first-order chi connectivity index (χ1) is 3.60. The Bertz CT molecular complexity index is 88.5. The normalized spacial score (nSPS) is 35.6. The number of rotatable bonds is 0. The topological polar surface area (TPSA) is 40.5 Å². The Kier molecular flexibility index (Phi) is 1.29. The third-order valence-electron chi connectivity index (χ3n) is 1.71. The van der Waals surface area contributed by atoms with E-state index < -0.39 is 5.79 Å². The van der Waals surface area contributed by atoms with Gasteiger partial charge in [0.2, 0.25) is 0 Å². The predicted octanol–water partition coefficient (Wildman–Crippen LogP) is 0.487. The second kappa shape index (κ2) is 1.71. The van der Waals surface area contributed by atoms with Gasteiger partial charge in [-0.3, -0.25) is 0 Å². The SMILES string of the molecule is CC1CCC(O)(O)C1. The first-order valence-corrected chi connectivity index (χ1v) is 3.05. The van der Waals surface area contributed by atoms with E-state index in [2.05, 4.69) is 0 Å². The molecule has 2 nitrogen and oxygen atoms in total. The van der Waals surface area contributed by atoms with Crippen molar-refractivity contribution in [1.29, 1.82) is 0 Å². The highest BCUT2D eigenvalue weighted by Gasteiger charge is 2.32. The molecule has 1 aliphatic carbocycles. The molecule has 0 radical (unpaired) electrons. The second-order valence-corrected chi connectivity index (χ2v) is 2.83. The number of hydrogen-bond donors (Lipinski definition) is 2. The summed E-state index contributed by atoms with van der Waals surface area (Å²) in [6.07, 6.45) is 2.05. The molecule has 1 aliphatic rings. The standard InChI is InChI=1S/C6H12O2/c1-5-2-3-6(7,8)4-5/h5,7-8H,2-4H2,1H3. The van der Waals surface area contributed by atoms with E-state index in [0.717, 1.165) is 6.42 Å². The maximum Gasteiger partial charge on any atom is 0.162 e. The van der Waals surface area contributed by atoms with Crippen molar-refractivity contribution >= 4 is 0 Å². The fourth-order valence-corrected chi connectivity index (χ4v) is 1.24. The first kappa shape index (κ1) is 6.05. The van der Waals surface area contributed by atoms with Crippen molar-refractivity contribution in [2.24, 2.45) is 5.92 Å². The molecule has 1 atom stereocenters. The van der Waals surface area contributed by atoms with E-state index in [9.17, 15) is 0 Å². The minimum absolute atomic E-state index is 0.491. The van der Waals surface area contributed by atoms with Crippen molar-refractivity contribution in [2.45, 2.75) is 32.0 Å². The zero-order valence-corrected chi connectivity index (χ0v) is 5.09. The Balaban J connectivity index is 2.44. The van der Waals surface area contributed by atoms with Crippen LogP contribution in [-0.4, -0.2) is 16.0 Å². The van der Waals surface area contributed by atoms with Gasteiger partial charge in [0.15, 0.2) is 5.79 Å². The molecule has 0 spiro atoms. The molecular formula is C6H12O2. The Morgan fingerprint density at radius 1 is 1.50 bits per heavy atom. The summed E-state index contributed by atoms with van der Waals surface area (Å²) < 4.78 is 0. The largest absolute Gasteiger partial charge is 0.366 e. The van der Waals surface area contributed by atoms with Gasteiger partial charge in [-0.25, -0.2) is 0 Å². The molecule has 1 saturated carbocycles. The molecule has 0 heterocycles. The van der Waals surface area contributed by atoms with Gasteiger partial charge in [-0.05, 0) is 12.3 Å². The molecule has 1 unspecified atom stereocenters. The molecular weight excluding hydrogens is 104 g/mol. The van der Waals surface area contributed by atoms with Crippen LogP contribution in [0.25, 0.3) is 0 Å². The van der Waals surface area contributed by atoms with E-state index in [0.29, 0.717) is 18.8 Å². The van der Waals surface area contributed by atoms with Crippen LogP contribution in [0.2, 0.25) is 0 Å². The monoisotopic (exact) mass is 116 g/mol. The summed E-state index contributed by atoms with van der Waals surface area (Å²) in [4.78, 5) is 0. The third kappa shape index (κ3) is 1.20. The van der Waals surface area contributed by atoms with Gasteiger partial charge < -0.3 is 10.2 Å². The highest BCUT2D eigenvalue weighted by atomic mass is 16.5. The predicted molar refractivity (Wildman–Crippen MR) is 30.2 cm³/mol. The van der Waals surface area contributed by atoms with E-state index in [4.69, 9.17) is 10.2 Å². The Labute approximate surface area is 49.1 Å². The first-order valence-electron chi connectivity index (χ1n) is 3.05. The molecule has 0 aromatic rings. The van der Waals surface area contributed by atoms with E-state index >= 15 is 0 Å². The molecule has 2 heteroatoms. The van der Waals surface area contributed by atoms with Gasteiger partial charge >= 0.3 is 0 Å². The van der Waals surface area contributed by atoms with Crippen molar-refractivity contribution < 1.29 is 10.2 Å². The van der Waals surface area contributed by atoms with Crippen molar-refractivity contribution in [1.82, 2.24) is 0 Å². The van der Waals surface area contributed by atoms with Gasteiger partial charge in [0.1, 0.15) is 0 Å². The fraction of sp³-hybridized carbons (Fsp3) is 1.00. The van der Waals surface area contributed by atoms with Gasteiger partial charge in [0, 0.05) is 12.8 Å². The van der Waals surface area contributed by atoms with Crippen LogP contribution >= 0.6 is 0 Å². The van der Waals surface area contributed by atoms with Crippen LogP contribution in [0.3, 0.4) is 0 Å². The molecule has 0 aromatic heterocycles. The van der Waals surface area contributed by atoms with Crippen molar-refractivity contribution in [2.75, 3.05) is 0 Å². The summed E-state index contributed by atoms with van der Waals surface area (Å²) in [6.45, 7) is 2.04. The van der Waals surface area contributed by atoms with E-state index in [1.807, 2.05) is 6.92 Å². The maximum atomic E-state index is 8.92. The average Bonchev–Trinajstić information content (AvgIpc) is 1.82. The molecule has 48 valence electrons. The lowest BCUT2D eigenvalue weighted by atomic mass is 10.1. The van der Waals surface area contributed by atoms with Crippen LogP contribution in [0.1, 0.15) is 26.2 Å². The minimum atomic E-state index is -1.33. The van der Waals surface area contributed by atoms with Crippen LogP contribution in [-0.2, 0) is 0 Å². The number of hydrogen-bond acceptors (Lipinski definition) is 2. The zero-order chi connectivity index (χ0) is 6.20. The summed E-state index contributed by atoms with van der Waals surface area (Å²) in [7, 11) is 0. The van der Waals surface area contributed by atoms with Crippen molar-refractivity contribution in [3.05, 3.63) is 0 Å². The van der Waals surface area contributed by atoms with Crippen molar-refractivity contribution in [3.63, 3.8) is 0 Å². The molecule has 1 rings (SSSR count). The van der Waals surface area contributed by atoms with Crippen LogP contribution in [0.4, 0.5) is 0 Å². The summed E-state index contributed by atoms with van der Waals surface area (Å²) in [5.74, 6) is -0.843. The molecule has 1 fully saturated rings. The summed E-state index contributed by atoms with van der Waals surface area (Å²) >= 11 is 0. The zero-order valence-electron chi connectivity index (χ0n) is 5.09. The van der Waals surface area contributed by atoms with Gasteiger partial charge in [-0.1, -0.05) is 6.92 Å². The molecule has 2 N–H and O–H groups in total. The lowest BCUT2D eigenvalue weighted by Gasteiger charge is -2.12. The van der Waals surface area contributed by atoms with Crippen LogP contribution < -0.4 is 0 Å². The van der Waals surface area contributed by atoms with Crippen LogP contribution in [0.15, 0.2) is 0 Å². The maximum absolute atomic E-state index is 8.92.